The first-order valence-electron chi connectivity index (χ1n) is 9.29. The highest BCUT2D eigenvalue weighted by atomic mass is 16.5. The lowest BCUT2D eigenvalue weighted by atomic mass is 10.1. The predicted molar refractivity (Wildman–Crippen MR) is 103 cm³/mol. The van der Waals surface area contributed by atoms with Crippen LogP contribution >= 0.6 is 0 Å². The third kappa shape index (κ3) is 6.94. The summed E-state index contributed by atoms with van der Waals surface area (Å²) in [6.45, 7) is 8.68. The summed E-state index contributed by atoms with van der Waals surface area (Å²) in [7, 11) is 3.93. The van der Waals surface area contributed by atoms with Gasteiger partial charge in [-0.2, -0.15) is 0 Å². The third-order valence-electron chi connectivity index (χ3n) is 4.33. The zero-order chi connectivity index (χ0) is 18.1. The number of ether oxygens (including phenoxy) is 2. The van der Waals surface area contributed by atoms with Crippen molar-refractivity contribution in [1.29, 1.82) is 0 Å². The highest BCUT2D eigenvalue weighted by Gasteiger charge is 2.18. The Morgan fingerprint density at radius 3 is 2.72 bits per heavy atom. The highest BCUT2D eigenvalue weighted by molar-refractivity contribution is 5.79. The molecule has 0 bridgehead atoms. The third-order valence-corrected chi connectivity index (χ3v) is 4.33. The van der Waals surface area contributed by atoms with E-state index in [0.717, 1.165) is 57.5 Å². The molecule has 5 heteroatoms. The molecule has 5 nitrogen and oxygen atoms in total. The second kappa shape index (κ2) is 10.3. The molecule has 2 rings (SSSR count). The molecule has 0 aromatic heterocycles. The van der Waals surface area contributed by atoms with Crippen LogP contribution in [0.3, 0.4) is 0 Å². The molecule has 1 aliphatic rings. The highest BCUT2D eigenvalue weighted by Crippen LogP contribution is 2.14. The van der Waals surface area contributed by atoms with Crippen LogP contribution in [0, 0.1) is 11.8 Å². The molecule has 1 N–H and O–H groups in total. The first kappa shape index (κ1) is 19.6. The van der Waals surface area contributed by atoms with Gasteiger partial charge < -0.3 is 19.7 Å². The zero-order valence-corrected chi connectivity index (χ0v) is 16.1. The average Bonchev–Trinajstić information content (AvgIpc) is 3.10. The Bertz CT molecular complexity index is 522. The van der Waals surface area contributed by atoms with Gasteiger partial charge in [0.15, 0.2) is 5.96 Å². The Morgan fingerprint density at radius 1 is 1.36 bits per heavy atom. The van der Waals surface area contributed by atoms with E-state index in [1.807, 2.05) is 7.05 Å². The molecule has 1 aliphatic heterocycles. The second-order valence-electron chi connectivity index (χ2n) is 7.18. The minimum atomic E-state index is 0.545. The van der Waals surface area contributed by atoms with Gasteiger partial charge in [-0.05, 0) is 36.5 Å². The lowest BCUT2D eigenvalue weighted by Gasteiger charge is -2.24. The van der Waals surface area contributed by atoms with Crippen molar-refractivity contribution in [2.45, 2.75) is 26.7 Å². The maximum absolute atomic E-state index is 5.73. The summed E-state index contributed by atoms with van der Waals surface area (Å²) in [4.78, 5) is 6.58. The maximum atomic E-state index is 5.73. The van der Waals surface area contributed by atoms with E-state index in [4.69, 9.17) is 9.47 Å². The van der Waals surface area contributed by atoms with Crippen LogP contribution in [0.2, 0.25) is 0 Å². The average molecular weight is 348 g/mol. The monoisotopic (exact) mass is 347 g/mol. The van der Waals surface area contributed by atoms with Gasteiger partial charge in [-0.1, -0.05) is 26.0 Å². The standard InChI is InChI=1S/C20H33N3O2/c1-16(2)14-25-19-7-5-17(6-8-19)9-11-22-20(21-3)23(4)13-18-10-12-24-15-18/h5-8,16,18H,9-15H2,1-4H3,(H,21,22). The molecule has 0 aliphatic carbocycles. The molecule has 1 saturated heterocycles. The molecular weight excluding hydrogens is 314 g/mol. The van der Waals surface area contributed by atoms with Gasteiger partial charge in [0.05, 0.1) is 13.2 Å². The van der Waals surface area contributed by atoms with Crippen LogP contribution in [-0.2, 0) is 11.2 Å². The van der Waals surface area contributed by atoms with Crippen LogP contribution < -0.4 is 10.1 Å². The molecule has 1 heterocycles. The lowest BCUT2D eigenvalue weighted by Crippen LogP contribution is -2.42. The lowest BCUT2D eigenvalue weighted by molar-refractivity contribution is 0.181. The first-order valence-corrected chi connectivity index (χ1v) is 9.29. The van der Waals surface area contributed by atoms with Crippen molar-refractivity contribution in [2.24, 2.45) is 16.8 Å². The SMILES string of the molecule is CN=C(NCCc1ccc(OCC(C)C)cc1)N(C)CC1CCOC1. The molecule has 0 spiro atoms. The summed E-state index contributed by atoms with van der Waals surface area (Å²) in [6.07, 6.45) is 2.11. The van der Waals surface area contributed by atoms with Gasteiger partial charge in [-0.3, -0.25) is 4.99 Å². The van der Waals surface area contributed by atoms with Gasteiger partial charge in [0.2, 0.25) is 0 Å². The van der Waals surface area contributed by atoms with Crippen molar-refractivity contribution in [2.75, 3.05) is 47.0 Å². The zero-order valence-electron chi connectivity index (χ0n) is 16.1. The van der Waals surface area contributed by atoms with E-state index in [1.54, 1.807) is 0 Å². The van der Waals surface area contributed by atoms with Gasteiger partial charge >= 0.3 is 0 Å². The number of nitrogens with zero attached hydrogens (tertiary/aromatic N) is 2. The molecule has 0 saturated carbocycles. The van der Waals surface area contributed by atoms with Crippen LogP contribution in [0.4, 0.5) is 0 Å². The Morgan fingerprint density at radius 2 is 2.12 bits per heavy atom. The van der Waals surface area contributed by atoms with Gasteiger partial charge in [-0.15, -0.1) is 0 Å². The topological polar surface area (TPSA) is 46.1 Å². The van der Waals surface area contributed by atoms with E-state index in [2.05, 4.69) is 60.4 Å². The van der Waals surface area contributed by atoms with Gasteiger partial charge in [0.25, 0.3) is 0 Å². The van der Waals surface area contributed by atoms with Crippen molar-refractivity contribution >= 4 is 5.96 Å². The van der Waals surface area contributed by atoms with E-state index < -0.39 is 0 Å². The van der Waals surface area contributed by atoms with E-state index in [0.29, 0.717) is 11.8 Å². The van der Waals surface area contributed by atoms with E-state index >= 15 is 0 Å². The fourth-order valence-corrected chi connectivity index (χ4v) is 2.92. The fourth-order valence-electron chi connectivity index (χ4n) is 2.92. The smallest absolute Gasteiger partial charge is 0.193 e. The number of hydrogen-bond acceptors (Lipinski definition) is 3. The van der Waals surface area contributed by atoms with Crippen LogP contribution in [0.5, 0.6) is 5.75 Å². The van der Waals surface area contributed by atoms with Crippen molar-refractivity contribution in [3.05, 3.63) is 29.8 Å². The van der Waals surface area contributed by atoms with Crippen molar-refractivity contribution in [3.63, 3.8) is 0 Å². The molecule has 1 unspecified atom stereocenters. The van der Waals surface area contributed by atoms with Crippen molar-refractivity contribution in [3.8, 4) is 5.75 Å². The number of hydrogen-bond donors (Lipinski definition) is 1. The van der Waals surface area contributed by atoms with Gasteiger partial charge in [0.1, 0.15) is 5.75 Å². The number of benzene rings is 1. The summed E-state index contributed by atoms with van der Waals surface area (Å²) >= 11 is 0. The van der Waals surface area contributed by atoms with Gasteiger partial charge in [-0.25, -0.2) is 0 Å². The number of nitrogens with one attached hydrogen (secondary N) is 1. The molecule has 25 heavy (non-hydrogen) atoms. The molecule has 0 amide bonds. The summed E-state index contributed by atoms with van der Waals surface area (Å²) in [5.41, 5.74) is 1.30. The fraction of sp³-hybridized carbons (Fsp3) is 0.650. The minimum Gasteiger partial charge on any atom is -0.493 e. The Labute approximate surface area is 152 Å². The Hall–Kier alpha value is -1.75. The van der Waals surface area contributed by atoms with Crippen LogP contribution in [-0.4, -0.2) is 57.9 Å². The summed E-state index contributed by atoms with van der Waals surface area (Å²) in [5.74, 6) is 3.05. The maximum Gasteiger partial charge on any atom is 0.193 e. The number of guanidine groups is 1. The first-order chi connectivity index (χ1) is 12.1. The molecule has 140 valence electrons. The Balaban J connectivity index is 1.72. The summed E-state index contributed by atoms with van der Waals surface area (Å²) in [6, 6.07) is 8.39. The van der Waals surface area contributed by atoms with Crippen molar-refractivity contribution in [1.82, 2.24) is 10.2 Å². The molecule has 1 fully saturated rings. The molecule has 0 radical (unpaired) electrons. The Kier molecular flexibility index (Phi) is 8.06. The van der Waals surface area contributed by atoms with E-state index in [-0.39, 0.29) is 0 Å². The quantitative estimate of drug-likeness (QED) is 0.580. The number of aliphatic imine (C=N–C) groups is 1. The second-order valence-corrected chi connectivity index (χ2v) is 7.18. The number of rotatable bonds is 8. The van der Waals surface area contributed by atoms with Crippen LogP contribution in [0.15, 0.2) is 29.3 Å². The molecule has 1 atom stereocenters. The van der Waals surface area contributed by atoms with Gasteiger partial charge in [0, 0.05) is 39.7 Å². The van der Waals surface area contributed by atoms with Crippen LogP contribution in [0.25, 0.3) is 0 Å². The normalized spacial score (nSPS) is 17.8. The largest absolute Gasteiger partial charge is 0.493 e. The molecule has 1 aromatic carbocycles. The minimum absolute atomic E-state index is 0.545. The summed E-state index contributed by atoms with van der Waals surface area (Å²) < 4.78 is 11.2. The molecule has 1 aromatic rings. The van der Waals surface area contributed by atoms with E-state index in [9.17, 15) is 0 Å². The molecular formula is C20H33N3O2. The van der Waals surface area contributed by atoms with Crippen molar-refractivity contribution < 1.29 is 9.47 Å². The van der Waals surface area contributed by atoms with E-state index in [1.165, 1.54) is 5.56 Å². The summed E-state index contributed by atoms with van der Waals surface area (Å²) in [5, 5.41) is 3.45. The van der Waals surface area contributed by atoms with Crippen LogP contribution in [0.1, 0.15) is 25.8 Å². The predicted octanol–water partition coefficient (Wildman–Crippen LogP) is 2.81.